The van der Waals surface area contributed by atoms with Gasteiger partial charge >= 0.3 is 0 Å². The van der Waals surface area contributed by atoms with Crippen molar-refractivity contribution in [3.05, 3.63) is 29.0 Å². The number of fused-ring (bicyclic) bond motifs is 1. The molecule has 29 heavy (non-hydrogen) atoms. The molecule has 4 rings (SSSR count). The Morgan fingerprint density at radius 3 is 3.14 bits per heavy atom. The van der Waals surface area contributed by atoms with Gasteiger partial charge < -0.3 is 19.7 Å². The number of hydrogen-bond donors (Lipinski definition) is 2. The standard InChI is InChI=1S/C22H26ClN3O3/c1-2-15-4-3-7-22(28,10-15)14-25-21(27)17-12-26(11-16-6-9-29-13-16)20-19(17)18(23)5-8-24-20/h1,5,8,12,15-16,28H,3-4,6-7,9-11,13-14H2,(H,25,27)/t15-,16?,22-/m0/s1. The summed E-state index contributed by atoms with van der Waals surface area (Å²) in [5, 5.41) is 14.9. The van der Waals surface area contributed by atoms with Gasteiger partial charge in [-0.05, 0) is 38.2 Å². The van der Waals surface area contributed by atoms with Crippen LogP contribution in [0.2, 0.25) is 5.02 Å². The van der Waals surface area contributed by atoms with E-state index >= 15 is 0 Å². The highest BCUT2D eigenvalue weighted by molar-refractivity contribution is 6.36. The molecule has 3 atom stereocenters. The van der Waals surface area contributed by atoms with Gasteiger partial charge in [-0.1, -0.05) is 11.6 Å². The van der Waals surface area contributed by atoms with Gasteiger partial charge in [-0.2, -0.15) is 0 Å². The Bertz CT molecular complexity index is 945. The van der Waals surface area contributed by atoms with Gasteiger partial charge in [-0.3, -0.25) is 4.79 Å². The Morgan fingerprint density at radius 1 is 1.52 bits per heavy atom. The smallest absolute Gasteiger partial charge is 0.253 e. The number of rotatable bonds is 5. The van der Waals surface area contributed by atoms with Gasteiger partial charge in [0, 0.05) is 43.9 Å². The Morgan fingerprint density at radius 2 is 2.38 bits per heavy atom. The average Bonchev–Trinajstić information content (AvgIpc) is 3.35. The summed E-state index contributed by atoms with van der Waals surface area (Å²) in [7, 11) is 0. The molecule has 2 aromatic rings. The lowest BCUT2D eigenvalue weighted by atomic mass is 9.78. The van der Waals surface area contributed by atoms with Gasteiger partial charge in [-0.15, -0.1) is 12.3 Å². The van der Waals surface area contributed by atoms with Crippen molar-refractivity contribution in [1.29, 1.82) is 0 Å². The van der Waals surface area contributed by atoms with Crippen LogP contribution in [0, 0.1) is 24.2 Å². The van der Waals surface area contributed by atoms with Gasteiger partial charge in [0.05, 0.1) is 28.2 Å². The maximum atomic E-state index is 13.0. The quantitative estimate of drug-likeness (QED) is 0.736. The van der Waals surface area contributed by atoms with Crippen LogP contribution in [-0.4, -0.2) is 45.9 Å². The number of ether oxygens (including phenoxy) is 1. The zero-order chi connectivity index (χ0) is 20.4. The molecule has 3 heterocycles. The van der Waals surface area contributed by atoms with Crippen molar-refractivity contribution >= 4 is 28.5 Å². The minimum absolute atomic E-state index is 0.0554. The lowest BCUT2D eigenvalue weighted by Crippen LogP contribution is -2.46. The Labute approximate surface area is 175 Å². The van der Waals surface area contributed by atoms with Crippen molar-refractivity contribution < 1.29 is 14.6 Å². The number of pyridine rings is 1. The first-order valence-corrected chi connectivity index (χ1v) is 10.5. The Hall–Kier alpha value is -2.07. The number of hydrogen-bond acceptors (Lipinski definition) is 4. The van der Waals surface area contributed by atoms with Crippen molar-refractivity contribution in [2.75, 3.05) is 19.8 Å². The maximum Gasteiger partial charge on any atom is 0.253 e. The zero-order valence-corrected chi connectivity index (χ0v) is 17.1. The summed E-state index contributed by atoms with van der Waals surface area (Å²) in [6, 6.07) is 1.69. The minimum Gasteiger partial charge on any atom is -0.388 e. The van der Waals surface area contributed by atoms with E-state index in [4.69, 9.17) is 22.8 Å². The molecular weight excluding hydrogens is 390 g/mol. The van der Waals surface area contributed by atoms with E-state index in [2.05, 4.69) is 16.2 Å². The molecule has 1 saturated carbocycles. The topological polar surface area (TPSA) is 76.4 Å². The zero-order valence-electron chi connectivity index (χ0n) is 16.4. The summed E-state index contributed by atoms with van der Waals surface area (Å²) in [5.41, 5.74) is 0.204. The number of terminal acetylenes is 1. The summed E-state index contributed by atoms with van der Waals surface area (Å²) >= 11 is 6.42. The van der Waals surface area contributed by atoms with Crippen molar-refractivity contribution in [3.63, 3.8) is 0 Å². The van der Waals surface area contributed by atoms with E-state index in [1.807, 2.05) is 10.8 Å². The number of nitrogens with one attached hydrogen (secondary N) is 1. The highest BCUT2D eigenvalue weighted by Crippen LogP contribution is 2.32. The summed E-state index contributed by atoms with van der Waals surface area (Å²) in [6.07, 6.45) is 12.9. The van der Waals surface area contributed by atoms with E-state index in [1.165, 1.54) is 0 Å². The van der Waals surface area contributed by atoms with Crippen LogP contribution in [0.3, 0.4) is 0 Å². The van der Waals surface area contributed by atoms with Gasteiger partial charge in [0.1, 0.15) is 5.65 Å². The number of carbonyl (C=O) groups excluding carboxylic acids is 1. The predicted octanol–water partition coefficient (Wildman–Crippen LogP) is 3.01. The monoisotopic (exact) mass is 415 g/mol. The van der Waals surface area contributed by atoms with Gasteiger partial charge in [0.25, 0.3) is 5.91 Å². The molecule has 1 amide bonds. The maximum absolute atomic E-state index is 13.0. The molecule has 2 aliphatic rings. The molecule has 7 heteroatoms. The Kier molecular flexibility index (Phi) is 5.82. The SMILES string of the molecule is C#C[C@H]1CCC[C@@](O)(CNC(=O)c2cn(CC3CCOC3)c3nccc(Cl)c23)C1. The van der Waals surface area contributed by atoms with Crippen LogP contribution < -0.4 is 5.32 Å². The molecule has 154 valence electrons. The summed E-state index contributed by atoms with van der Waals surface area (Å²) < 4.78 is 7.46. The molecule has 0 spiro atoms. The molecule has 1 saturated heterocycles. The average molecular weight is 416 g/mol. The second-order valence-corrected chi connectivity index (χ2v) is 8.69. The molecule has 0 bridgehead atoms. The molecule has 1 aliphatic heterocycles. The molecule has 0 radical (unpaired) electrons. The molecule has 1 unspecified atom stereocenters. The van der Waals surface area contributed by atoms with Crippen molar-refractivity contribution in [2.45, 2.75) is 44.2 Å². The molecular formula is C22H26ClN3O3. The fourth-order valence-electron chi connectivity index (χ4n) is 4.48. The number of halogens is 1. The predicted molar refractivity (Wildman–Crippen MR) is 112 cm³/mol. The minimum atomic E-state index is -0.966. The third-order valence-corrected chi connectivity index (χ3v) is 6.38. The lowest BCUT2D eigenvalue weighted by molar-refractivity contribution is -0.00516. The van der Waals surface area contributed by atoms with Crippen LogP contribution in [0.25, 0.3) is 11.0 Å². The van der Waals surface area contributed by atoms with E-state index in [-0.39, 0.29) is 18.4 Å². The van der Waals surface area contributed by atoms with Gasteiger partial charge in [-0.25, -0.2) is 4.98 Å². The largest absolute Gasteiger partial charge is 0.388 e. The van der Waals surface area contributed by atoms with E-state index in [1.54, 1.807) is 12.3 Å². The second-order valence-electron chi connectivity index (χ2n) is 8.28. The molecule has 2 N–H and O–H groups in total. The van der Waals surface area contributed by atoms with E-state index in [0.717, 1.165) is 32.4 Å². The van der Waals surface area contributed by atoms with Crippen LogP contribution in [-0.2, 0) is 11.3 Å². The molecule has 0 aromatic carbocycles. The van der Waals surface area contributed by atoms with Crippen molar-refractivity contribution in [2.24, 2.45) is 11.8 Å². The fourth-order valence-corrected chi connectivity index (χ4v) is 4.72. The van der Waals surface area contributed by atoms with E-state index < -0.39 is 5.60 Å². The normalized spacial score (nSPS) is 27.1. The Balaban J connectivity index is 1.55. The van der Waals surface area contributed by atoms with Crippen LogP contribution in [0.1, 0.15) is 42.5 Å². The van der Waals surface area contributed by atoms with Crippen LogP contribution in [0.4, 0.5) is 0 Å². The van der Waals surface area contributed by atoms with Crippen LogP contribution in [0.15, 0.2) is 18.5 Å². The third-order valence-electron chi connectivity index (χ3n) is 6.06. The summed E-state index contributed by atoms with van der Waals surface area (Å²) in [6.45, 7) is 2.38. The second kappa shape index (κ2) is 8.35. The highest BCUT2D eigenvalue weighted by atomic mass is 35.5. The van der Waals surface area contributed by atoms with Crippen LogP contribution in [0.5, 0.6) is 0 Å². The number of amides is 1. The highest BCUT2D eigenvalue weighted by Gasteiger charge is 2.34. The summed E-state index contributed by atoms with van der Waals surface area (Å²) in [4.78, 5) is 17.5. The first-order valence-electron chi connectivity index (χ1n) is 10.2. The first-order chi connectivity index (χ1) is 14.0. The van der Waals surface area contributed by atoms with E-state index in [9.17, 15) is 9.90 Å². The number of carbonyl (C=O) groups is 1. The van der Waals surface area contributed by atoms with Crippen molar-refractivity contribution in [3.8, 4) is 12.3 Å². The third kappa shape index (κ3) is 4.28. The van der Waals surface area contributed by atoms with Crippen molar-refractivity contribution in [1.82, 2.24) is 14.9 Å². The van der Waals surface area contributed by atoms with Crippen LogP contribution >= 0.6 is 11.6 Å². The molecule has 2 fully saturated rings. The lowest BCUT2D eigenvalue weighted by Gasteiger charge is -2.35. The fraction of sp³-hybridized carbons (Fsp3) is 0.545. The molecule has 6 nitrogen and oxygen atoms in total. The van der Waals surface area contributed by atoms with Gasteiger partial charge in [0.15, 0.2) is 0 Å². The van der Waals surface area contributed by atoms with E-state index in [0.29, 0.717) is 47.0 Å². The first kappa shape index (κ1) is 20.2. The number of aromatic nitrogens is 2. The van der Waals surface area contributed by atoms with Gasteiger partial charge in [0.2, 0.25) is 0 Å². The molecule has 1 aliphatic carbocycles. The number of nitrogens with zero attached hydrogens (tertiary/aromatic N) is 2. The molecule has 2 aromatic heterocycles. The number of aliphatic hydroxyl groups is 1. The summed E-state index contributed by atoms with van der Waals surface area (Å²) in [5.74, 6) is 2.92.